The standard InChI is InChI=1S/C60H68N2/c1-9-13-45-17-33-53(34-18-45)61(54-35-19-46(14-10-2)20-36-54)57-41-29-51(30-42-57)59(5,6)49-25-27-50(28-26-49)60(7,8)52-31-43-58(44-32-52)62(55-37-21-47(15-11-3)22-38-55)56-39-23-48(16-12-4)24-40-56/h17-44H,9-16H2,1-8H3. The van der Waals surface area contributed by atoms with E-state index in [-0.39, 0.29) is 10.8 Å². The Kier molecular flexibility index (Phi) is 14.2. The summed E-state index contributed by atoms with van der Waals surface area (Å²) in [6, 6.07) is 64.3. The van der Waals surface area contributed by atoms with Crippen LogP contribution in [0.3, 0.4) is 0 Å². The smallest absolute Gasteiger partial charge is 0.0461 e. The molecule has 0 N–H and O–H groups in total. The number of anilines is 6. The van der Waals surface area contributed by atoms with Crippen LogP contribution in [0.4, 0.5) is 34.1 Å². The Bertz CT molecular complexity index is 2160. The molecule has 0 saturated heterocycles. The molecule has 7 aromatic rings. The average molecular weight is 817 g/mol. The van der Waals surface area contributed by atoms with Gasteiger partial charge in [-0.25, -0.2) is 0 Å². The van der Waals surface area contributed by atoms with E-state index in [1.54, 1.807) is 0 Å². The summed E-state index contributed by atoms with van der Waals surface area (Å²) in [4.78, 5) is 4.77. The van der Waals surface area contributed by atoms with Gasteiger partial charge in [-0.15, -0.1) is 0 Å². The molecule has 7 aromatic carbocycles. The van der Waals surface area contributed by atoms with Crippen molar-refractivity contribution in [2.75, 3.05) is 9.80 Å². The second kappa shape index (κ2) is 19.9. The van der Waals surface area contributed by atoms with Crippen LogP contribution in [0.5, 0.6) is 0 Å². The van der Waals surface area contributed by atoms with Gasteiger partial charge in [-0.3, -0.25) is 0 Å². The molecule has 0 heterocycles. The zero-order valence-electron chi connectivity index (χ0n) is 38.7. The van der Waals surface area contributed by atoms with Crippen molar-refractivity contribution in [2.45, 2.75) is 118 Å². The molecule has 7 rings (SSSR count). The van der Waals surface area contributed by atoms with Gasteiger partial charge in [0.2, 0.25) is 0 Å². The maximum Gasteiger partial charge on any atom is 0.0461 e. The Labute approximate surface area is 374 Å². The van der Waals surface area contributed by atoms with E-state index in [9.17, 15) is 0 Å². The molecular formula is C60H68N2. The summed E-state index contributed by atoms with van der Waals surface area (Å²) in [5.74, 6) is 0. The van der Waals surface area contributed by atoms with Crippen LogP contribution in [-0.2, 0) is 36.5 Å². The summed E-state index contributed by atoms with van der Waals surface area (Å²) in [6.07, 6.45) is 9.01. The number of rotatable bonds is 18. The van der Waals surface area contributed by atoms with E-state index in [0.717, 1.165) is 62.7 Å². The zero-order valence-corrected chi connectivity index (χ0v) is 38.7. The fourth-order valence-corrected chi connectivity index (χ4v) is 8.99. The summed E-state index contributed by atoms with van der Waals surface area (Å²) in [5.41, 5.74) is 17.4. The van der Waals surface area contributed by atoms with Crippen molar-refractivity contribution in [3.05, 3.63) is 214 Å². The van der Waals surface area contributed by atoms with Crippen LogP contribution in [0, 0.1) is 0 Å². The number of nitrogens with zero attached hydrogens (tertiary/aromatic N) is 2. The van der Waals surface area contributed by atoms with Gasteiger partial charge in [-0.1, -0.05) is 178 Å². The Balaban J connectivity index is 1.12. The first-order chi connectivity index (χ1) is 30.0. The molecule has 0 saturated carbocycles. The van der Waals surface area contributed by atoms with Crippen LogP contribution in [0.2, 0.25) is 0 Å². The molecule has 0 bridgehead atoms. The van der Waals surface area contributed by atoms with E-state index in [1.165, 1.54) is 67.3 Å². The molecule has 0 radical (unpaired) electrons. The van der Waals surface area contributed by atoms with Gasteiger partial charge in [0.05, 0.1) is 0 Å². The van der Waals surface area contributed by atoms with E-state index in [4.69, 9.17) is 0 Å². The molecule has 318 valence electrons. The van der Waals surface area contributed by atoms with Gasteiger partial charge in [-0.2, -0.15) is 0 Å². The monoisotopic (exact) mass is 817 g/mol. The molecule has 0 unspecified atom stereocenters. The van der Waals surface area contributed by atoms with Crippen molar-refractivity contribution in [3.8, 4) is 0 Å². The van der Waals surface area contributed by atoms with Gasteiger partial charge in [-0.05, 0) is 143 Å². The summed E-state index contributed by atoms with van der Waals surface area (Å²) >= 11 is 0. The number of benzene rings is 7. The largest absolute Gasteiger partial charge is 0.311 e. The van der Waals surface area contributed by atoms with Crippen molar-refractivity contribution < 1.29 is 0 Å². The van der Waals surface area contributed by atoms with Crippen molar-refractivity contribution in [2.24, 2.45) is 0 Å². The quantitative estimate of drug-likeness (QED) is 0.0851. The Morgan fingerprint density at radius 2 is 0.419 bits per heavy atom. The minimum atomic E-state index is -0.176. The van der Waals surface area contributed by atoms with Crippen LogP contribution < -0.4 is 9.80 Å². The van der Waals surface area contributed by atoms with Gasteiger partial charge < -0.3 is 9.80 Å². The third-order valence-corrected chi connectivity index (χ3v) is 13.0. The molecule has 0 amide bonds. The predicted octanol–water partition coefficient (Wildman–Crippen LogP) is 17.1. The first-order valence-corrected chi connectivity index (χ1v) is 23.3. The summed E-state index contributed by atoms with van der Waals surface area (Å²) < 4.78 is 0. The second-order valence-corrected chi connectivity index (χ2v) is 18.3. The van der Waals surface area contributed by atoms with Crippen molar-refractivity contribution in [1.29, 1.82) is 0 Å². The molecule has 0 aliphatic heterocycles. The molecule has 0 aromatic heterocycles. The number of hydrogen-bond donors (Lipinski definition) is 0. The van der Waals surface area contributed by atoms with Crippen LogP contribution in [-0.4, -0.2) is 0 Å². The highest BCUT2D eigenvalue weighted by Gasteiger charge is 2.27. The van der Waals surface area contributed by atoms with Gasteiger partial charge in [0.1, 0.15) is 0 Å². The minimum Gasteiger partial charge on any atom is -0.311 e. The first kappa shape index (κ1) is 44.2. The van der Waals surface area contributed by atoms with Crippen LogP contribution in [0.15, 0.2) is 170 Å². The first-order valence-electron chi connectivity index (χ1n) is 23.3. The zero-order chi connectivity index (χ0) is 43.7. The van der Waals surface area contributed by atoms with Crippen LogP contribution in [0.1, 0.15) is 126 Å². The van der Waals surface area contributed by atoms with Crippen molar-refractivity contribution >= 4 is 34.1 Å². The number of aryl methyl sites for hydroxylation is 4. The average Bonchev–Trinajstić information content (AvgIpc) is 3.30. The lowest BCUT2D eigenvalue weighted by molar-refractivity contribution is 0.626. The Morgan fingerprint density at radius 3 is 0.597 bits per heavy atom. The molecule has 0 fully saturated rings. The molecular weight excluding hydrogens is 749 g/mol. The third kappa shape index (κ3) is 9.92. The SMILES string of the molecule is CCCc1ccc(N(c2ccc(CCC)cc2)c2ccc(C(C)(C)c3ccc(C(C)(C)c4ccc(N(c5ccc(CCC)cc5)c5ccc(CCC)cc5)cc4)cc3)cc2)cc1. The van der Waals surface area contributed by atoms with Gasteiger partial charge in [0.25, 0.3) is 0 Å². The fourth-order valence-electron chi connectivity index (χ4n) is 8.99. The highest BCUT2D eigenvalue weighted by atomic mass is 15.1. The van der Waals surface area contributed by atoms with E-state index in [0.29, 0.717) is 0 Å². The topological polar surface area (TPSA) is 6.48 Å². The summed E-state index contributed by atoms with van der Waals surface area (Å²) in [6.45, 7) is 18.4. The lowest BCUT2D eigenvalue weighted by Gasteiger charge is -2.31. The van der Waals surface area contributed by atoms with Crippen LogP contribution in [0.25, 0.3) is 0 Å². The summed E-state index contributed by atoms with van der Waals surface area (Å²) in [7, 11) is 0. The number of hydrogen-bond acceptors (Lipinski definition) is 2. The Hall–Kier alpha value is -5.86. The molecule has 0 aliphatic carbocycles. The van der Waals surface area contributed by atoms with E-state index < -0.39 is 0 Å². The fraction of sp³-hybridized carbons (Fsp3) is 0.300. The molecule has 0 aliphatic rings. The normalized spacial score (nSPS) is 11.7. The lowest BCUT2D eigenvalue weighted by atomic mass is 9.74. The molecule has 62 heavy (non-hydrogen) atoms. The van der Waals surface area contributed by atoms with Gasteiger partial charge in [0.15, 0.2) is 0 Å². The molecule has 2 nitrogen and oxygen atoms in total. The van der Waals surface area contributed by atoms with E-state index >= 15 is 0 Å². The van der Waals surface area contributed by atoms with Crippen molar-refractivity contribution in [1.82, 2.24) is 0 Å². The van der Waals surface area contributed by atoms with Crippen molar-refractivity contribution in [3.63, 3.8) is 0 Å². The van der Waals surface area contributed by atoms with E-state index in [1.807, 2.05) is 0 Å². The maximum absolute atomic E-state index is 2.39. The maximum atomic E-state index is 2.39. The molecule has 0 spiro atoms. The van der Waals surface area contributed by atoms with Gasteiger partial charge >= 0.3 is 0 Å². The highest BCUT2D eigenvalue weighted by molar-refractivity contribution is 5.78. The highest BCUT2D eigenvalue weighted by Crippen LogP contribution is 2.41. The van der Waals surface area contributed by atoms with Gasteiger partial charge in [0, 0.05) is 45.0 Å². The summed E-state index contributed by atoms with van der Waals surface area (Å²) in [5, 5.41) is 0. The second-order valence-electron chi connectivity index (χ2n) is 18.3. The lowest BCUT2D eigenvalue weighted by Crippen LogP contribution is -2.22. The van der Waals surface area contributed by atoms with Crippen LogP contribution >= 0.6 is 0 Å². The van der Waals surface area contributed by atoms with E-state index in [2.05, 4.69) is 235 Å². The molecule has 2 heteroatoms. The Morgan fingerprint density at radius 1 is 0.258 bits per heavy atom. The third-order valence-electron chi connectivity index (χ3n) is 13.0. The minimum absolute atomic E-state index is 0.176. The molecule has 0 atom stereocenters. The predicted molar refractivity (Wildman–Crippen MR) is 269 cm³/mol.